The summed E-state index contributed by atoms with van der Waals surface area (Å²) >= 11 is 5.76. The molecule has 0 saturated carbocycles. The van der Waals surface area contributed by atoms with Gasteiger partial charge < -0.3 is 15.7 Å². The van der Waals surface area contributed by atoms with Crippen LogP contribution in [0.4, 0.5) is 16.2 Å². The lowest BCUT2D eigenvalue weighted by Crippen LogP contribution is -2.31. The Morgan fingerprint density at radius 2 is 2.24 bits per heavy atom. The lowest BCUT2D eigenvalue weighted by molar-refractivity contribution is -0.384. The monoisotopic (exact) mass is 259 g/mol. The molecule has 0 fully saturated rings. The fourth-order valence-electron chi connectivity index (χ4n) is 1.05. The number of nitrogens with one attached hydrogen (secondary N) is 2. The highest BCUT2D eigenvalue weighted by atomic mass is 35.5. The quantitative estimate of drug-likeness (QED) is 0.561. The Labute approximate surface area is 102 Å². The van der Waals surface area contributed by atoms with Gasteiger partial charge in [0.2, 0.25) is 0 Å². The number of aliphatic hydroxyl groups excluding tert-OH is 1. The number of hydrogen-bond donors (Lipinski definition) is 3. The number of carbonyl (C=O) groups excluding carboxylic acids is 1. The molecule has 0 heterocycles. The highest BCUT2D eigenvalue weighted by molar-refractivity contribution is 6.33. The number of nitro groups is 1. The fourth-order valence-corrected chi connectivity index (χ4v) is 1.28. The summed E-state index contributed by atoms with van der Waals surface area (Å²) in [6.45, 7) is -0.0716. The number of halogens is 1. The summed E-state index contributed by atoms with van der Waals surface area (Å²) in [6.07, 6.45) is 0. The van der Waals surface area contributed by atoms with Gasteiger partial charge in [-0.25, -0.2) is 4.79 Å². The molecule has 0 bridgehead atoms. The maximum absolute atomic E-state index is 11.2. The molecule has 0 spiro atoms. The van der Waals surface area contributed by atoms with Crippen LogP contribution in [-0.2, 0) is 0 Å². The van der Waals surface area contributed by atoms with Gasteiger partial charge in [-0.2, -0.15) is 0 Å². The van der Waals surface area contributed by atoms with Crippen molar-refractivity contribution in [3.8, 4) is 0 Å². The Balaban J connectivity index is 2.72. The van der Waals surface area contributed by atoms with E-state index in [0.29, 0.717) is 0 Å². The molecule has 2 amide bonds. The van der Waals surface area contributed by atoms with Crippen molar-refractivity contribution in [2.75, 3.05) is 18.5 Å². The first-order valence-electron chi connectivity index (χ1n) is 4.64. The SMILES string of the molecule is O=C(NCCO)Nc1ccc([N+](=O)[O-])cc1Cl. The van der Waals surface area contributed by atoms with E-state index in [9.17, 15) is 14.9 Å². The number of nitrogens with zero attached hydrogens (tertiary/aromatic N) is 1. The predicted molar refractivity (Wildman–Crippen MR) is 62.2 cm³/mol. The Morgan fingerprint density at radius 1 is 1.53 bits per heavy atom. The summed E-state index contributed by atoms with van der Waals surface area (Å²) in [6, 6.07) is 3.16. The molecule has 0 aliphatic rings. The minimum Gasteiger partial charge on any atom is -0.395 e. The van der Waals surface area contributed by atoms with Crippen LogP contribution in [0, 0.1) is 10.1 Å². The zero-order chi connectivity index (χ0) is 12.8. The summed E-state index contributed by atoms with van der Waals surface area (Å²) in [4.78, 5) is 21.1. The molecule has 17 heavy (non-hydrogen) atoms. The number of amides is 2. The van der Waals surface area contributed by atoms with Crippen molar-refractivity contribution in [3.63, 3.8) is 0 Å². The maximum Gasteiger partial charge on any atom is 0.319 e. The second-order valence-electron chi connectivity index (χ2n) is 3.03. The third-order valence-corrected chi connectivity index (χ3v) is 2.12. The van der Waals surface area contributed by atoms with E-state index in [1.165, 1.54) is 12.1 Å². The van der Waals surface area contributed by atoms with Crippen LogP contribution in [0.2, 0.25) is 5.02 Å². The number of rotatable bonds is 4. The summed E-state index contributed by atoms with van der Waals surface area (Å²) < 4.78 is 0. The lowest BCUT2D eigenvalue weighted by Gasteiger charge is -2.07. The average molecular weight is 260 g/mol. The van der Waals surface area contributed by atoms with Crippen LogP contribution in [-0.4, -0.2) is 29.2 Å². The topological polar surface area (TPSA) is 104 Å². The number of non-ortho nitro benzene ring substituents is 1. The predicted octanol–water partition coefficient (Wildman–Crippen LogP) is 1.36. The van der Waals surface area contributed by atoms with E-state index in [1.54, 1.807) is 0 Å². The zero-order valence-electron chi connectivity index (χ0n) is 8.64. The number of nitro benzene ring substituents is 1. The van der Waals surface area contributed by atoms with Crippen molar-refractivity contribution >= 4 is 29.0 Å². The maximum atomic E-state index is 11.2. The molecular formula is C9H10ClN3O4. The Hall–Kier alpha value is -1.86. The third-order valence-electron chi connectivity index (χ3n) is 1.81. The highest BCUT2D eigenvalue weighted by Gasteiger charge is 2.10. The van der Waals surface area contributed by atoms with Gasteiger partial charge in [-0.3, -0.25) is 10.1 Å². The third kappa shape index (κ3) is 3.89. The van der Waals surface area contributed by atoms with E-state index >= 15 is 0 Å². The van der Waals surface area contributed by atoms with Gasteiger partial charge >= 0.3 is 6.03 Å². The molecule has 92 valence electrons. The summed E-state index contributed by atoms with van der Waals surface area (Å²) in [5.41, 5.74) is 0.101. The molecule has 3 N–H and O–H groups in total. The molecule has 1 aromatic carbocycles. The number of aliphatic hydroxyl groups is 1. The van der Waals surface area contributed by atoms with Gasteiger partial charge in [0.1, 0.15) is 0 Å². The van der Waals surface area contributed by atoms with Crippen molar-refractivity contribution in [1.82, 2.24) is 5.32 Å². The first-order chi connectivity index (χ1) is 8.04. The molecule has 0 atom stereocenters. The number of benzene rings is 1. The van der Waals surface area contributed by atoms with Crippen LogP contribution >= 0.6 is 11.6 Å². The van der Waals surface area contributed by atoms with Crippen molar-refractivity contribution in [3.05, 3.63) is 33.3 Å². The van der Waals surface area contributed by atoms with Crippen molar-refractivity contribution in [2.45, 2.75) is 0 Å². The molecule has 0 aromatic heterocycles. The highest BCUT2D eigenvalue weighted by Crippen LogP contribution is 2.26. The van der Waals surface area contributed by atoms with Crippen LogP contribution in [0.5, 0.6) is 0 Å². The first-order valence-corrected chi connectivity index (χ1v) is 5.02. The van der Waals surface area contributed by atoms with Crippen LogP contribution in [0.15, 0.2) is 18.2 Å². The summed E-state index contributed by atoms with van der Waals surface area (Å²) in [5.74, 6) is 0. The first kappa shape index (κ1) is 13.2. The van der Waals surface area contributed by atoms with Gasteiger partial charge in [0, 0.05) is 18.7 Å². The molecule has 1 rings (SSSR count). The normalized spacial score (nSPS) is 9.76. The fraction of sp³-hybridized carbons (Fsp3) is 0.222. The molecule has 0 saturated heterocycles. The molecule has 8 heteroatoms. The van der Waals surface area contributed by atoms with Crippen LogP contribution in [0.1, 0.15) is 0 Å². The van der Waals surface area contributed by atoms with Crippen molar-refractivity contribution in [2.24, 2.45) is 0 Å². The lowest BCUT2D eigenvalue weighted by atomic mass is 10.3. The van der Waals surface area contributed by atoms with Crippen LogP contribution in [0.25, 0.3) is 0 Å². The van der Waals surface area contributed by atoms with E-state index in [1.807, 2.05) is 0 Å². The van der Waals surface area contributed by atoms with Crippen LogP contribution < -0.4 is 10.6 Å². The second kappa shape index (κ2) is 6.02. The largest absolute Gasteiger partial charge is 0.395 e. The van der Waals surface area contributed by atoms with Crippen LogP contribution in [0.3, 0.4) is 0 Å². The minimum absolute atomic E-state index is 0.0679. The van der Waals surface area contributed by atoms with Gasteiger partial charge in [-0.05, 0) is 6.07 Å². The molecular weight excluding hydrogens is 250 g/mol. The van der Waals surface area contributed by atoms with E-state index in [0.717, 1.165) is 6.07 Å². The van der Waals surface area contributed by atoms with E-state index < -0.39 is 11.0 Å². The van der Waals surface area contributed by atoms with Gasteiger partial charge in [0.05, 0.1) is 22.2 Å². The average Bonchev–Trinajstić information content (AvgIpc) is 2.28. The molecule has 1 aromatic rings. The van der Waals surface area contributed by atoms with Gasteiger partial charge in [0.25, 0.3) is 5.69 Å². The summed E-state index contributed by atoms with van der Waals surface area (Å²) in [5, 5.41) is 23.8. The number of anilines is 1. The second-order valence-corrected chi connectivity index (χ2v) is 3.43. The summed E-state index contributed by atoms with van der Waals surface area (Å²) in [7, 11) is 0. The number of hydrogen-bond acceptors (Lipinski definition) is 4. The van der Waals surface area contributed by atoms with E-state index in [2.05, 4.69) is 10.6 Å². The number of urea groups is 1. The van der Waals surface area contributed by atoms with E-state index in [-0.39, 0.29) is 29.5 Å². The molecule has 0 aliphatic carbocycles. The van der Waals surface area contributed by atoms with Gasteiger partial charge in [-0.15, -0.1) is 0 Å². The molecule has 0 unspecified atom stereocenters. The Bertz CT molecular complexity index is 438. The van der Waals surface area contributed by atoms with Gasteiger partial charge in [0.15, 0.2) is 0 Å². The smallest absolute Gasteiger partial charge is 0.319 e. The van der Waals surface area contributed by atoms with Gasteiger partial charge in [-0.1, -0.05) is 11.6 Å². The number of carbonyl (C=O) groups is 1. The van der Waals surface area contributed by atoms with Crippen molar-refractivity contribution < 1.29 is 14.8 Å². The molecule has 7 nitrogen and oxygen atoms in total. The standard InChI is InChI=1S/C9H10ClN3O4/c10-7-5-6(13(16)17)1-2-8(7)12-9(15)11-3-4-14/h1-2,5,14H,3-4H2,(H2,11,12,15). The van der Waals surface area contributed by atoms with Crippen molar-refractivity contribution in [1.29, 1.82) is 0 Å². The Kier molecular flexibility index (Phi) is 4.68. The minimum atomic E-state index is -0.582. The molecule has 0 radical (unpaired) electrons. The Morgan fingerprint density at radius 3 is 2.76 bits per heavy atom. The zero-order valence-corrected chi connectivity index (χ0v) is 9.40. The molecule has 0 aliphatic heterocycles. The van der Waals surface area contributed by atoms with E-state index in [4.69, 9.17) is 16.7 Å².